The first-order valence-corrected chi connectivity index (χ1v) is 17.6. The van der Waals surface area contributed by atoms with Gasteiger partial charge < -0.3 is 9.88 Å². The molecular formula is C47H35N5. The Labute approximate surface area is 304 Å². The maximum atomic E-state index is 10.4. The fraction of sp³-hybridized carbons (Fsp3) is 0.128. The van der Waals surface area contributed by atoms with Gasteiger partial charge in [-0.2, -0.15) is 15.8 Å². The summed E-state index contributed by atoms with van der Waals surface area (Å²) < 4.78 is 2.51. The monoisotopic (exact) mass is 669 g/mol. The molecule has 1 aromatic heterocycles. The summed E-state index contributed by atoms with van der Waals surface area (Å²) in [6.45, 7) is 4.31. The van der Waals surface area contributed by atoms with Gasteiger partial charge in [-0.05, 0) is 90.8 Å². The lowest BCUT2D eigenvalue weighted by Crippen LogP contribution is -2.11. The van der Waals surface area contributed by atoms with Gasteiger partial charge in [0.1, 0.15) is 6.07 Å². The van der Waals surface area contributed by atoms with Crippen LogP contribution < -0.4 is 5.32 Å². The smallest absolute Gasteiger partial charge is 0.101 e. The second-order valence-electron chi connectivity index (χ2n) is 13.6. The minimum Gasteiger partial charge on any atom is -0.354 e. The second-order valence-corrected chi connectivity index (χ2v) is 13.6. The van der Waals surface area contributed by atoms with E-state index in [4.69, 9.17) is 0 Å². The number of hydrogen-bond donors (Lipinski definition) is 1. The Morgan fingerprint density at radius 2 is 1.48 bits per heavy atom. The molecule has 0 saturated heterocycles. The van der Waals surface area contributed by atoms with Crippen LogP contribution in [0.4, 0.5) is 11.4 Å². The topological polar surface area (TPSA) is 88.3 Å². The lowest BCUT2D eigenvalue weighted by molar-refractivity contribution is 0.689. The molecule has 5 nitrogen and oxygen atoms in total. The molecule has 0 fully saturated rings. The number of nitriles is 3. The average molecular weight is 670 g/mol. The van der Waals surface area contributed by atoms with Crippen molar-refractivity contribution in [3.63, 3.8) is 0 Å². The molecule has 0 radical (unpaired) electrons. The van der Waals surface area contributed by atoms with E-state index in [9.17, 15) is 15.8 Å². The summed E-state index contributed by atoms with van der Waals surface area (Å²) in [5.41, 5.74) is 14.8. The third kappa shape index (κ3) is 5.68. The summed E-state index contributed by atoms with van der Waals surface area (Å²) in [4.78, 5) is 0. The van der Waals surface area contributed by atoms with E-state index in [0.717, 1.165) is 52.8 Å². The van der Waals surface area contributed by atoms with Crippen molar-refractivity contribution in [2.24, 2.45) is 5.92 Å². The number of benzene rings is 5. The molecule has 2 aliphatic carbocycles. The van der Waals surface area contributed by atoms with Crippen LogP contribution in [0.2, 0.25) is 0 Å². The van der Waals surface area contributed by atoms with Crippen molar-refractivity contribution in [1.82, 2.24) is 4.57 Å². The zero-order valence-electron chi connectivity index (χ0n) is 29.1. The first kappa shape index (κ1) is 32.3. The number of rotatable bonds is 6. The number of nitrogens with zero attached hydrogens (tertiary/aromatic N) is 4. The number of aromatic nitrogens is 1. The summed E-state index contributed by atoms with van der Waals surface area (Å²) in [5.74, 6) is 0.478. The molecule has 6 aromatic rings. The second kappa shape index (κ2) is 13.4. The first-order chi connectivity index (χ1) is 25.5. The minimum absolute atomic E-state index is 0.422. The van der Waals surface area contributed by atoms with Crippen molar-refractivity contribution in [3.8, 4) is 40.5 Å². The molecular weight excluding hydrogens is 635 g/mol. The number of aryl methyl sites for hydroxylation is 1. The van der Waals surface area contributed by atoms with Crippen LogP contribution in [0.15, 0.2) is 121 Å². The lowest BCUT2D eigenvalue weighted by atomic mass is 9.91. The van der Waals surface area contributed by atoms with Crippen LogP contribution in [0.25, 0.3) is 50.5 Å². The Kier molecular flexibility index (Phi) is 8.36. The molecule has 0 aliphatic heterocycles. The van der Waals surface area contributed by atoms with Gasteiger partial charge in [-0.3, -0.25) is 0 Å². The highest BCUT2D eigenvalue weighted by Gasteiger charge is 2.24. The standard InChI is InChI=1S/C47H35N5/c1-30-15-21-40-39-12-6-8-14-46(39)52(47(40)23-30)45-13-7-5-11-38(45)33-17-19-34(20-18-33)41-25-36(29-50)44(26-35(41)28-49)51-43-22-16-32(27-48)24-42(43)37-10-4-3-9-31(37)2/h3-6,8-12,14-22,24-26,30,51H,7,13,23H2,1-2H3. The first-order valence-electron chi connectivity index (χ1n) is 17.6. The van der Waals surface area contributed by atoms with Crippen molar-refractivity contribution in [2.75, 3.05) is 5.32 Å². The maximum Gasteiger partial charge on any atom is 0.101 e. The molecule has 5 aromatic carbocycles. The van der Waals surface area contributed by atoms with E-state index in [1.54, 1.807) is 18.2 Å². The number of para-hydroxylation sites is 1. The summed E-state index contributed by atoms with van der Waals surface area (Å²) >= 11 is 0. The highest BCUT2D eigenvalue weighted by molar-refractivity contribution is 5.99. The molecule has 0 bridgehead atoms. The maximum absolute atomic E-state index is 10.4. The highest BCUT2D eigenvalue weighted by Crippen LogP contribution is 2.41. The summed E-state index contributed by atoms with van der Waals surface area (Å²) in [7, 11) is 0. The van der Waals surface area contributed by atoms with Crippen molar-refractivity contribution >= 4 is 39.6 Å². The van der Waals surface area contributed by atoms with E-state index in [1.807, 2.05) is 43.3 Å². The van der Waals surface area contributed by atoms with Crippen LogP contribution in [-0.4, -0.2) is 4.57 Å². The Hall–Kier alpha value is -6.87. The largest absolute Gasteiger partial charge is 0.354 e. The zero-order valence-corrected chi connectivity index (χ0v) is 29.1. The van der Waals surface area contributed by atoms with Crippen molar-refractivity contribution in [3.05, 3.63) is 160 Å². The van der Waals surface area contributed by atoms with Gasteiger partial charge in [0.25, 0.3) is 0 Å². The molecule has 0 amide bonds. The summed E-state index contributed by atoms with van der Waals surface area (Å²) in [6.07, 6.45) is 12.1. The lowest BCUT2D eigenvalue weighted by Gasteiger charge is -2.23. The third-order valence-electron chi connectivity index (χ3n) is 10.3. The summed E-state index contributed by atoms with van der Waals surface area (Å²) in [5, 5.41) is 35.0. The Bertz CT molecular complexity index is 2630. The molecule has 1 atom stereocenters. The van der Waals surface area contributed by atoms with Crippen LogP contribution in [0, 0.1) is 46.8 Å². The van der Waals surface area contributed by atoms with Crippen LogP contribution in [0.3, 0.4) is 0 Å². The van der Waals surface area contributed by atoms with E-state index in [2.05, 4.69) is 108 Å². The van der Waals surface area contributed by atoms with Crippen LogP contribution >= 0.6 is 0 Å². The number of allylic oxidation sites excluding steroid dienone is 5. The minimum atomic E-state index is 0.422. The summed E-state index contributed by atoms with van der Waals surface area (Å²) in [6, 6.07) is 41.1. The van der Waals surface area contributed by atoms with Gasteiger partial charge in [0.15, 0.2) is 0 Å². The van der Waals surface area contributed by atoms with Gasteiger partial charge in [-0.25, -0.2) is 0 Å². The number of fused-ring (bicyclic) bond motifs is 3. The van der Waals surface area contributed by atoms with E-state index in [1.165, 1.54) is 33.4 Å². The highest BCUT2D eigenvalue weighted by atomic mass is 15.0. The molecule has 1 N–H and O–H groups in total. The van der Waals surface area contributed by atoms with E-state index >= 15 is 0 Å². The molecule has 8 rings (SSSR count). The predicted octanol–water partition coefficient (Wildman–Crippen LogP) is 11.6. The SMILES string of the molecule is Cc1ccccc1-c1cc(C#N)ccc1Nc1cc(C#N)c(-c2ccc(C3=C(n4c5c(c6ccccc64)C=CC(C)C5)CCC=C3)cc2)cc1C#N. The molecule has 1 heterocycles. The Balaban J connectivity index is 1.17. The van der Waals surface area contributed by atoms with E-state index in [0.29, 0.717) is 33.9 Å². The van der Waals surface area contributed by atoms with E-state index in [-0.39, 0.29) is 0 Å². The molecule has 52 heavy (non-hydrogen) atoms. The van der Waals surface area contributed by atoms with Gasteiger partial charge in [0.2, 0.25) is 0 Å². The van der Waals surface area contributed by atoms with Crippen molar-refractivity contribution in [1.29, 1.82) is 15.8 Å². The van der Waals surface area contributed by atoms with Gasteiger partial charge in [-0.15, -0.1) is 0 Å². The van der Waals surface area contributed by atoms with Gasteiger partial charge in [0, 0.05) is 44.7 Å². The quantitative estimate of drug-likeness (QED) is 0.191. The van der Waals surface area contributed by atoms with Gasteiger partial charge >= 0.3 is 0 Å². The number of anilines is 2. The number of hydrogen-bond acceptors (Lipinski definition) is 4. The molecule has 2 aliphatic rings. The predicted molar refractivity (Wildman–Crippen MR) is 211 cm³/mol. The Morgan fingerprint density at radius 1 is 0.712 bits per heavy atom. The Morgan fingerprint density at radius 3 is 2.27 bits per heavy atom. The van der Waals surface area contributed by atoms with Crippen LogP contribution in [0.1, 0.15) is 58.8 Å². The molecule has 0 saturated carbocycles. The van der Waals surface area contributed by atoms with Gasteiger partial charge in [0.05, 0.1) is 40.0 Å². The van der Waals surface area contributed by atoms with Gasteiger partial charge in [-0.1, -0.05) is 98.0 Å². The molecule has 5 heteroatoms. The van der Waals surface area contributed by atoms with Crippen LogP contribution in [0.5, 0.6) is 0 Å². The molecule has 1 unspecified atom stereocenters. The third-order valence-corrected chi connectivity index (χ3v) is 10.3. The van der Waals surface area contributed by atoms with Crippen molar-refractivity contribution in [2.45, 2.75) is 33.1 Å². The zero-order chi connectivity index (χ0) is 35.8. The fourth-order valence-electron chi connectivity index (χ4n) is 7.72. The van der Waals surface area contributed by atoms with Crippen molar-refractivity contribution < 1.29 is 0 Å². The van der Waals surface area contributed by atoms with E-state index < -0.39 is 0 Å². The fourth-order valence-corrected chi connectivity index (χ4v) is 7.72. The molecule has 0 spiro atoms. The normalized spacial score (nSPS) is 14.8. The molecule has 248 valence electrons. The van der Waals surface area contributed by atoms with Crippen LogP contribution in [-0.2, 0) is 6.42 Å². The average Bonchev–Trinajstić information content (AvgIpc) is 3.51. The number of nitrogens with one attached hydrogen (secondary N) is 1.